The van der Waals surface area contributed by atoms with E-state index in [1.165, 1.54) is 11.9 Å². The van der Waals surface area contributed by atoms with Gasteiger partial charge in [-0.15, -0.1) is 0 Å². The first kappa shape index (κ1) is 15.8. The summed E-state index contributed by atoms with van der Waals surface area (Å²) in [6.07, 6.45) is 1.47. The Kier molecular flexibility index (Phi) is 3.90. The minimum Gasteiger partial charge on any atom is -0.479 e. The molecule has 0 bridgehead atoms. The van der Waals surface area contributed by atoms with Crippen molar-refractivity contribution in [1.29, 1.82) is 0 Å². The summed E-state index contributed by atoms with van der Waals surface area (Å²) in [4.78, 5) is 25.3. The molecule has 0 saturated heterocycles. The largest absolute Gasteiger partial charge is 0.479 e. The lowest BCUT2D eigenvalue weighted by Crippen LogP contribution is -2.61. The molecule has 0 radical (unpaired) electrons. The number of likely N-dealkylation sites (N-methyl/N-ethyl adjacent to an activating group) is 1. The molecule has 0 aliphatic heterocycles. The Morgan fingerprint density at radius 3 is 2.05 bits per heavy atom. The van der Waals surface area contributed by atoms with Crippen LogP contribution in [-0.4, -0.2) is 40.3 Å². The molecule has 1 saturated carbocycles. The average Bonchev–Trinajstić information content (AvgIpc) is 2.50. The normalized spacial score (nSPS) is 26.0. The SMILES string of the molecule is CN(C(=O)OC(C)(C)C)C1(C(=O)O)CCCC1(C)C. The van der Waals surface area contributed by atoms with Crippen LogP contribution < -0.4 is 0 Å². The van der Waals surface area contributed by atoms with Crippen molar-refractivity contribution in [2.45, 2.75) is 65.0 Å². The van der Waals surface area contributed by atoms with E-state index in [4.69, 9.17) is 4.74 Å². The molecule has 1 aliphatic rings. The number of carboxylic acid groups (broad SMARTS) is 1. The van der Waals surface area contributed by atoms with E-state index in [9.17, 15) is 14.7 Å². The molecular formula is C14H25NO4. The van der Waals surface area contributed by atoms with Crippen LogP contribution >= 0.6 is 0 Å². The molecule has 1 unspecified atom stereocenters. The Morgan fingerprint density at radius 2 is 1.74 bits per heavy atom. The zero-order valence-electron chi connectivity index (χ0n) is 12.7. The maximum Gasteiger partial charge on any atom is 0.411 e. The number of hydrogen-bond donors (Lipinski definition) is 1. The van der Waals surface area contributed by atoms with Crippen LogP contribution in [-0.2, 0) is 9.53 Å². The zero-order chi connectivity index (χ0) is 15.1. The van der Waals surface area contributed by atoms with Gasteiger partial charge >= 0.3 is 12.1 Å². The Bertz CT molecular complexity index is 383. The van der Waals surface area contributed by atoms with Crippen molar-refractivity contribution in [3.05, 3.63) is 0 Å². The summed E-state index contributed by atoms with van der Waals surface area (Å²) in [5.41, 5.74) is -2.28. The van der Waals surface area contributed by atoms with E-state index < -0.39 is 28.6 Å². The van der Waals surface area contributed by atoms with Crippen molar-refractivity contribution in [2.24, 2.45) is 5.41 Å². The number of aliphatic carboxylic acids is 1. The third-order valence-corrected chi connectivity index (χ3v) is 4.05. The average molecular weight is 271 g/mol. The molecule has 5 heteroatoms. The van der Waals surface area contributed by atoms with Crippen LogP contribution in [0.4, 0.5) is 4.79 Å². The van der Waals surface area contributed by atoms with Crippen molar-refractivity contribution >= 4 is 12.1 Å². The van der Waals surface area contributed by atoms with Gasteiger partial charge in [0.25, 0.3) is 0 Å². The highest BCUT2D eigenvalue weighted by atomic mass is 16.6. The van der Waals surface area contributed by atoms with Gasteiger partial charge in [0.1, 0.15) is 11.1 Å². The molecule has 5 nitrogen and oxygen atoms in total. The maximum absolute atomic E-state index is 12.2. The number of carbonyl (C=O) groups excluding carboxylic acids is 1. The van der Waals surface area contributed by atoms with Crippen molar-refractivity contribution in [3.8, 4) is 0 Å². The monoisotopic (exact) mass is 271 g/mol. The number of hydrogen-bond acceptors (Lipinski definition) is 3. The molecule has 0 aromatic carbocycles. The van der Waals surface area contributed by atoms with Crippen molar-refractivity contribution in [1.82, 2.24) is 4.90 Å². The predicted octanol–water partition coefficient (Wildman–Crippen LogP) is 2.89. The Hall–Kier alpha value is -1.26. The van der Waals surface area contributed by atoms with Crippen LogP contribution in [0.2, 0.25) is 0 Å². The van der Waals surface area contributed by atoms with Gasteiger partial charge < -0.3 is 9.84 Å². The standard InChI is InChI=1S/C14H25NO4/c1-12(2,3)19-11(18)15(6)14(10(16)17)9-7-8-13(14,4)5/h7-9H2,1-6H3,(H,16,17). The fourth-order valence-corrected chi connectivity index (χ4v) is 2.98. The van der Waals surface area contributed by atoms with Crippen molar-refractivity contribution < 1.29 is 19.4 Å². The summed E-state index contributed by atoms with van der Waals surface area (Å²) in [6.45, 7) is 9.11. The van der Waals surface area contributed by atoms with Crippen LogP contribution in [0.5, 0.6) is 0 Å². The maximum atomic E-state index is 12.2. The molecule has 1 N–H and O–H groups in total. The molecule has 0 spiro atoms. The molecule has 1 rings (SSSR count). The van der Waals surface area contributed by atoms with Gasteiger partial charge in [-0.1, -0.05) is 13.8 Å². The predicted molar refractivity (Wildman–Crippen MR) is 72.0 cm³/mol. The highest BCUT2D eigenvalue weighted by Crippen LogP contribution is 2.49. The number of amides is 1. The van der Waals surface area contributed by atoms with E-state index in [1.807, 2.05) is 13.8 Å². The second-order valence-corrected chi connectivity index (χ2v) is 6.94. The number of rotatable bonds is 2. The number of nitrogens with zero attached hydrogens (tertiary/aromatic N) is 1. The summed E-state index contributed by atoms with van der Waals surface area (Å²) in [5.74, 6) is -0.955. The van der Waals surface area contributed by atoms with Crippen molar-refractivity contribution in [3.63, 3.8) is 0 Å². The van der Waals surface area contributed by atoms with Gasteiger partial charge in [-0.3, -0.25) is 4.90 Å². The second kappa shape index (κ2) is 4.69. The number of ether oxygens (including phenoxy) is 1. The fraction of sp³-hybridized carbons (Fsp3) is 0.857. The molecule has 1 amide bonds. The van der Waals surface area contributed by atoms with Crippen LogP contribution in [0.1, 0.15) is 53.9 Å². The minimum absolute atomic E-state index is 0.463. The van der Waals surface area contributed by atoms with E-state index in [0.717, 1.165) is 12.8 Å². The van der Waals surface area contributed by atoms with Gasteiger partial charge in [-0.05, 0) is 45.4 Å². The van der Waals surface area contributed by atoms with Crippen LogP contribution in [0.25, 0.3) is 0 Å². The summed E-state index contributed by atoms with van der Waals surface area (Å²) >= 11 is 0. The first-order valence-corrected chi connectivity index (χ1v) is 6.64. The molecule has 1 aliphatic carbocycles. The lowest BCUT2D eigenvalue weighted by molar-refractivity contribution is -0.156. The first-order valence-electron chi connectivity index (χ1n) is 6.64. The van der Waals surface area contributed by atoms with Gasteiger partial charge in [0.15, 0.2) is 0 Å². The molecule has 1 atom stereocenters. The van der Waals surface area contributed by atoms with Gasteiger partial charge in [0.2, 0.25) is 0 Å². The van der Waals surface area contributed by atoms with Crippen LogP contribution in [0, 0.1) is 5.41 Å². The zero-order valence-corrected chi connectivity index (χ0v) is 12.7. The number of carboxylic acids is 1. The van der Waals surface area contributed by atoms with E-state index in [1.54, 1.807) is 20.8 Å². The summed E-state index contributed by atoms with van der Waals surface area (Å²) in [7, 11) is 1.52. The number of carbonyl (C=O) groups is 2. The third-order valence-electron chi connectivity index (χ3n) is 4.05. The van der Waals surface area contributed by atoms with Crippen LogP contribution in [0.15, 0.2) is 0 Å². The smallest absolute Gasteiger partial charge is 0.411 e. The minimum atomic E-state index is -1.19. The second-order valence-electron chi connectivity index (χ2n) is 6.94. The Morgan fingerprint density at radius 1 is 1.21 bits per heavy atom. The highest BCUT2D eigenvalue weighted by Gasteiger charge is 2.59. The van der Waals surface area contributed by atoms with Gasteiger partial charge in [-0.2, -0.15) is 0 Å². The lowest BCUT2D eigenvalue weighted by Gasteiger charge is -2.44. The molecule has 0 aromatic rings. The van der Waals surface area contributed by atoms with E-state index in [-0.39, 0.29) is 0 Å². The van der Waals surface area contributed by atoms with E-state index in [2.05, 4.69) is 0 Å². The molecule has 19 heavy (non-hydrogen) atoms. The first-order chi connectivity index (χ1) is 8.44. The topological polar surface area (TPSA) is 66.8 Å². The lowest BCUT2D eigenvalue weighted by atomic mass is 9.74. The van der Waals surface area contributed by atoms with E-state index in [0.29, 0.717) is 6.42 Å². The van der Waals surface area contributed by atoms with Gasteiger partial charge in [0.05, 0.1) is 0 Å². The summed E-state index contributed by atoms with van der Waals surface area (Å²) in [5, 5.41) is 9.67. The van der Waals surface area contributed by atoms with E-state index >= 15 is 0 Å². The van der Waals surface area contributed by atoms with Crippen molar-refractivity contribution in [2.75, 3.05) is 7.05 Å². The Balaban J connectivity index is 3.08. The molecule has 0 heterocycles. The summed E-state index contributed by atoms with van der Waals surface area (Å²) in [6, 6.07) is 0. The quantitative estimate of drug-likeness (QED) is 0.838. The molecule has 110 valence electrons. The molecular weight excluding hydrogens is 246 g/mol. The van der Waals surface area contributed by atoms with Gasteiger partial charge in [0, 0.05) is 7.05 Å². The fourth-order valence-electron chi connectivity index (χ4n) is 2.98. The Labute approximate surface area is 114 Å². The highest BCUT2D eigenvalue weighted by molar-refractivity contribution is 5.85. The van der Waals surface area contributed by atoms with Crippen LogP contribution in [0.3, 0.4) is 0 Å². The summed E-state index contributed by atoms with van der Waals surface area (Å²) < 4.78 is 5.30. The molecule has 0 aromatic heterocycles. The molecule has 1 fully saturated rings. The van der Waals surface area contributed by atoms with Gasteiger partial charge in [-0.25, -0.2) is 9.59 Å². The third kappa shape index (κ3) is 2.69.